The minimum Gasteiger partial charge on any atom is -0.317 e. The van der Waals surface area contributed by atoms with Gasteiger partial charge in [0.1, 0.15) is 0 Å². The maximum absolute atomic E-state index is 3.64. The summed E-state index contributed by atoms with van der Waals surface area (Å²) in [7, 11) is 2.34. The summed E-state index contributed by atoms with van der Waals surface area (Å²) in [6.07, 6.45) is 5.23. The summed E-state index contributed by atoms with van der Waals surface area (Å²) in [6.45, 7) is 7.03. The average molecular weight is 211 g/mol. The van der Waals surface area contributed by atoms with Gasteiger partial charge in [0.15, 0.2) is 0 Å². The first-order valence-corrected chi connectivity index (χ1v) is 6.43. The standard InChI is InChI=1S/C12H25N3/c1-3-4-11-9-14-10-12(15(11)2)5-7-13-8-6-12/h11,13-14H,3-10H2,1-2H3. The van der Waals surface area contributed by atoms with Gasteiger partial charge in [0.25, 0.3) is 0 Å². The summed E-state index contributed by atoms with van der Waals surface area (Å²) in [5.74, 6) is 0. The van der Waals surface area contributed by atoms with Crippen molar-refractivity contribution in [3.05, 3.63) is 0 Å². The molecule has 2 N–H and O–H groups in total. The van der Waals surface area contributed by atoms with Crippen molar-refractivity contribution < 1.29 is 0 Å². The van der Waals surface area contributed by atoms with Crippen molar-refractivity contribution in [3.8, 4) is 0 Å². The molecule has 2 fully saturated rings. The van der Waals surface area contributed by atoms with Crippen molar-refractivity contribution >= 4 is 0 Å². The number of likely N-dealkylation sites (N-methyl/N-ethyl adjacent to an activating group) is 1. The first-order valence-electron chi connectivity index (χ1n) is 6.43. The number of hydrogen-bond donors (Lipinski definition) is 2. The van der Waals surface area contributed by atoms with Gasteiger partial charge in [-0.3, -0.25) is 4.90 Å². The molecule has 0 aromatic carbocycles. The van der Waals surface area contributed by atoms with Crippen LogP contribution in [0.2, 0.25) is 0 Å². The zero-order valence-corrected chi connectivity index (χ0v) is 10.2. The van der Waals surface area contributed by atoms with Gasteiger partial charge in [-0.05, 0) is 39.4 Å². The second-order valence-corrected chi connectivity index (χ2v) is 5.16. The molecule has 0 aromatic heterocycles. The van der Waals surface area contributed by atoms with Gasteiger partial charge in [-0.25, -0.2) is 0 Å². The van der Waals surface area contributed by atoms with Crippen LogP contribution in [0, 0.1) is 0 Å². The van der Waals surface area contributed by atoms with E-state index >= 15 is 0 Å². The monoisotopic (exact) mass is 211 g/mol. The van der Waals surface area contributed by atoms with E-state index in [1.54, 1.807) is 0 Å². The lowest BCUT2D eigenvalue weighted by Gasteiger charge is -2.52. The summed E-state index contributed by atoms with van der Waals surface area (Å²) in [4.78, 5) is 2.67. The average Bonchev–Trinajstić information content (AvgIpc) is 2.27. The lowest BCUT2D eigenvalue weighted by Crippen LogP contribution is -2.66. The number of rotatable bonds is 2. The molecular weight excluding hydrogens is 186 g/mol. The fraction of sp³-hybridized carbons (Fsp3) is 1.00. The molecule has 3 nitrogen and oxygen atoms in total. The maximum atomic E-state index is 3.64. The zero-order valence-electron chi connectivity index (χ0n) is 10.2. The van der Waals surface area contributed by atoms with Gasteiger partial charge < -0.3 is 10.6 Å². The Labute approximate surface area is 93.6 Å². The quantitative estimate of drug-likeness (QED) is 0.708. The van der Waals surface area contributed by atoms with Crippen LogP contribution in [0.5, 0.6) is 0 Å². The van der Waals surface area contributed by atoms with Gasteiger partial charge in [0.05, 0.1) is 0 Å². The van der Waals surface area contributed by atoms with E-state index < -0.39 is 0 Å². The van der Waals surface area contributed by atoms with Gasteiger partial charge in [-0.15, -0.1) is 0 Å². The molecule has 1 spiro atoms. The Morgan fingerprint density at radius 3 is 2.67 bits per heavy atom. The molecule has 1 atom stereocenters. The van der Waals surface area contributed by atoms with Crippen LogP contribution < -0.4 is 10.6 Å². The Hall–Kier alpha value is -0.120. The highest BCUT2D eigenvalue weighted by Crippen LogP contribution is 2.29. The van der Waals surface area contributed by atoms with Gasteiger partial charge in [0.2, 0.25) is 0 Å². The molecule has 2 aliphatic heterocycles. The minimum atomic E-state index is 0.448. The summed E-state index contributed by atoms with van der Waals surface area (Å²) < 4.78 is 0. The van der Waals surface area contributed by atoms with E-state index in [1.165, 1.54) is 51.9 Å². The van der Waals surface area contributed by atoms with Crippen molar-refractivity contribution in [2.75, 3.05) is 33.2 Å². The van der Waals surface area contributed by atoms with E-state index in [1.807, 2.05) is 0 Å². The highest BCUT2D eigenvalue weighted by atomic mass is 15.3. The first kappa shape index (κ1) is 11.4. The second-order valence-electron chi connectivity index (χ2n) is 5.16. The van der Waals surface area contributed by atoms with Crippen LogP contribution in [0.4, 0.5) is 0 Å². The Bertz CT molecular complexity index is 192. The third kappa shape index (κ3) is 2.19. The van der Waals surface area contributed by atoms with Crippen molar-refractivity contribution in [1.29, 1.82) is 0 Å². The zero-order chi connectivity index (χ0) is 10.7. The molecule has 2 aliphatic rings. The highest BCUT2D eigenvalue weighted by molar-refractivity contribution is 5.00. The molecule has 2 rings (SSSR count). The van der Waals surface area contributed by atoms with Crippen molar-refractivity contribution in [3.63, 3.8) is 0 Å². The molecule has 88 valence electrons. The Kier molecular flexibility index (Phi) is 3.65. The molecule has 0 radical (unpaired) electrons. The smallest absolute Gasteiger partial charge is 0.0358 e. The maximum Gasteiger partial charge on any atom is 0.0358 e. The largest absolute Gasteiger partial charge is 0.317 e. The van der Waals surface area contributed by atoms with Crippen molar-refractivity contribution in [1.82, 2.24) is 15.5 Å². The number of piperidine rings is 1. The predicted molar refractivity (Wildman–Crippen MR) is 64.2 cm³/mol. The minimum absolute atomic E-state index is 0.448. The molecule has 15 heavy (non-hydrogen) atoms. The van der Waals surface area contributed by atoms with Crippen LogP contribution in [-0.2, 0) is 0 Å². The third-order valence-electron chi connectivity index (χ3n) is 4.29. The van der Waals surface area contributed by atoms with Crippen molar-refractivity contribution in [2.24, 2.45) is 0 Å². The SMILES string of the molecule is CCCC1CNCC2(CCNCC2)N1C. The van der Waals surface area contributed by atoms with Crippen LogP contribution in [0.1, 0.15) is 32.6 Å². The predicted octanol–water partition coefficient (Wildman–Crippen LogP) is 0.812. The Morgan fingerprint density at radius 2 is 2.00 bits per heavy atom. The fourth-order valence-electron chi connectivity index (χ4n) is 3.17. The summed E-state index contributed by atoms with van der Waals surface area (Å²) >= 11 is 0. The molecule has 0 aliphatic carbocycles. The molecule has 0 bridgehead atoms. The van der Waals surface area contributed by atoms with E-state index in [0.29, 0.717) is 5.54 Å². The summed E-state index contributed by atoms with van der Waals surface area (Å²) in [5.41, 5.74) is 0.448. The number of nitrogens with one attached hydrogen (secondary N) is 2. The summed E-state index contributed by atoms with van der Waals surface area (Å²) in [5, 5.41) is 7.11. The van der Waals surface area contributed by atoms with Crippen LogP contribution in [0.15, 0.2) is 0 Å². The van der Waals surface area contributed by atoms with Gasteiger partial charge in [-0.1, -0.05) is 13.3 Å². The first-order chi connectivity index (χ1) is 7.28. The topological polar surface area (TPSA) is 27.3 Å². The van der Waals surface area contributed by atoms with E-state index in [9.17, 15) is 0 Å². The van der Waals surface area contributed by atoms with E-state index in [4.69, 9.17) is 0 Å². The van der Waals surface area contributed by atoms with Crippen molar-refractivity contribution in [2.45, 2.75) is 44.2 Å². The lowest BCUT2D eigenvalue weighted by atomic mass is 9.83. The van der Waals surface area contributed by atoms with Crippen LogP contribution in [0.3, 0.4) is 0 Å². The summed E-state index contributed by atoms with van der Waals surface area (Å²) in [6, 6.07) is 0.752. The van der Waals surface area contributed by atoms with Gasteiger partial charge in [0, 0.05) is 24.7 Å². The Balaban J connectivity index is 2.03. The number of piperazine rings is 1. The molecule has 0 amide bonds. The number of nitrogens with zero attached hydrogens (tertiary/aromatic N) is 1. The Morgan fingerprint density at radius 1 is 1.27 bits per heavy atom. The molecule has 2 heterocycles. The van der Waals surface area contributed by atoms with Gasteiger partial charge in [-0.2, -0.15) is 0 Å². The second kappa shape index (κ2) is 4.81. The molecule has 2 saturated heterocycles. The molecule has 3 heteroatoms. The fourth-order valence-corrected chi connectivity index (χ4v) is 3.17. The third-order valence-corrected chi connectivity index (χ3v) is 4.29. The van der Waals surface area contributed by atoms with Crippen LogP contribution >= 0.6 is 0 Å². The van der Waals surface area contributed by atoms with E-state index in [-0.39, 0.29) is 0 Å². The molecular formula is C12H25N3. The normalized spacial score (nSPS) is 32.0. The van der Waals surface area contributed by atoms with Gasteiger partial charge >= 0.3 is 0 Å². The molecule has 0 saturated carbocycles. The number of hydrogen-bond acceptors (Lipinski definition) is 3. The molecule has 0 aromatic rings. The van der Waals surface area contributed by atoms with E-state index in [2.05, 4.69) is 29.5 Å². The highest BCUT2D eigenvalue weighted by Gasteiger charge is 2.41. The van der Waals surface area contributed by atoms with Crippen LogP contribution in [0.25, 0.3) is 0 Å². The van der Waals surface area contributed by atoms with Crippen LogP contribution in [-0.4, -0.2) is 49.7 Å². The van der Waals surface area contributed by atoms with E-state index in [0.717, 1.165) is 6.04 Å². The molecule has 1 unspecified atom stereocenters. The lowest BCUT2D eigenvalue weighted by molar-refractivity contribution is 0.0108.